The first-order valence-corrected chi connectivity index (χ1v) is 6.66. The van der Waals surface area contributed by atoms with E-state index in [-0.39, 0.29) is 0 Å². The lowest BCUT2D eigenvalue weighted by molar-refractivity contribution is 0.284. The molecule has 0 saturated carbocycles. The summed E-state index contributed by atoms with van der Waals surface area (Å²) < 4.78 is 5.21. The Morgan fingerprint density at radius 2 is 2.11 bits per heavy atom. The molecule has 1 saturated heterocycles. The van der Waals surface area contributed by atoms with Crippen molar-refractivity contribution >= 4 is 12.6 Å². The van der Waals surface area contributed by atoms with E-state index in [2.05, 4.69) is 18.7 Å². The zero-order valence-corrected chi connectivity index (χ0v) is 11.9. The van der Waals surface area contributed by atoms with E-state index in [9.17, 15) is 10.0 Å². The van der Waals surface area contributed by atoms with Crippen LogP contribution in [-0.4, -0.2) is 42.3 Å². The second kappa shape index (κ2) is 5.53. The van der Waals surface area contributed by atoms with E-state index in [4.69, 9.17) is 4.74 Å². The highest BCUT2D eigenvalue weighted by atomic mass is 16.5. The van der Waals surface area contributed by atoms with Crippen LogP contribution in [0.1, 0.15) is 25.8 Å². The number of hydrogen-bond donors (Lipinski definition) is 2. The lowest BCUT2D eigenvalue weighted by Gasteiger charge is -2.21. The number of methoxy groups -OCH3 is 1. The van der Waals surface area contributed by atoms with Crippen molar-refractivity contribution in [2.75, 3.05) is 20.2 Å². The van der Waals surface area contributed by atoms with Gasteiger partial charge in [-0.2, -0.15) is 0 Å². The van der Waals surface area contributed by atoms with Gasteiger partial charge in [0.25, 0.3) is 0 Å². The van der Waals surface area contributed by atoms with Crippen LogP contribution < -0.4 is 10.2 Å². The molecule has 1 aromatic rings. The predicted octanol–water partition coefficient (Wildman–Crippen LogP) is 0.607. The minimum Gasteiger partial charge on any atom is -0.497 e. The molecule has 5 heteroatoms. The van der Waals surface area contributed by atoms with Gasteiger partial charge in [-0.15, -0.1) is 0 Å². The number of hydrogen-bond acceptors (Lipinski definition) is 4. The fourth-order valence-electron chi connectivity index (χ4n) is 2.70. The summed E-state index contributed by atoms with van der Waals surface area (Å²) in [6, 6.07) is 5.37. The molecule has 1 aliphatic heterocycles. The summed E-state index contributed by atoms with van der Waals surface area (Å²) in [6.45, 7) is 7.34. The molecule has 1 heterocycles. The molecular weight excluding hydrogens is 241 g/mol. The second-order valence-electron chi connectivity index (χ2n) is 6.06. The van der Waals surface area contributed by atoms with Gasteiger partial charge in [0.2, 0.25) is 0 Å². The van der Waals surface area contributed by atoms with Gasteiger partial charge in [-0.25, -0.2) is 0 Å². The van der Waals surface area contributed by atoms with Crippen LogP contribution in [0.2, 0.25) is 0 Å². The van der Waals surface area contributed by atoms with Crippen molar-refractivity contribution in [2.24, 2.45) is 5.41 Å². The topological polar surface area (TPSA) is 52.9 Å². The zero-order valence-electron chi connectivity index (χ0n) is 11.9. The lowest BCUT2D eigenvalue weighted by Crippen LogP contribution is -2.35. The van der Waals surface area contributed by atoms with E-state index >= 15 is 0 Å². The van der Waals surface area contributed by atoms with Crippen molar-refractivity contribution < 1.29 is 14.8 Å². The van der Waals surface area contributed by atoms with Gasteiger partial charge in [0.05, 0.1) is 7.11 Å². The Morgan fingerprint density at radius 1 is 1.37 bits per heavy atom. The molecule has 2 rings (SSSR count). The molecule has 0 radical (unpaired) electrons. The summed E-state index contributed by atoms with van der Waals surface area (Å²) in [5, 5.41) is 18.9. The normalized spacial score (nSPS) is 18.6. The first kappa shape index (κ1) is 14.4. The first-order chi connectivity index (χ1) is 8.91. The maximum Gasteiger partial charge on any atom is 0.488 e. The number of ether oxygens (including phenoxy) is 1. The Labute approximate surface area is 115 Å². The molecule has 0 atom stereocenters. The Hall–Kier alpha value is -1.04. The van der Waals surface area contributed by atoms with Gasteiger partial charge < -0.3 is 14.8 Å². The minimum absolute atomic E-state index is 0.344. The predicted molar refractivity (Wildman–Crippen MR) is 76.5 cm³/mol. The maximum atomic E-state index is 9.44. The van der Waals surface area contributed by atoms with Crippen LogP contribution in [-0.2, 0) is 6.54 Å². The number of nitrogens with zero attached hydrogens (tertiary/aromatic N) is 1. The molecule has 1 aromatic carbocycles. The van der Waals surface area contributed by atoms with Crippen molar-refractivity contribution in [2.45, 2.75) is 26.8 Å². The Morgan fingerprint density at radius 3 is 2.63 bits per heavy atom. The quantitative estimate of drug-likeness (QED) is 0.781. The van der Waals surface area contributed by atoms with Gasteiger partial charge in [0.1, 0.15) is 5.75 Å². The summed E-state index contributed by atoms with van der Waals surface area (Å²) in [7, 11) is 0.184. The average molecular weight is 263 g/mol. The third-order valence-electron chi connectivity index (χ3n) is 3.78. The van der Waals surface area contributed by atoms with Crippen LogP contribution in [0.4, 0.5) is 0 Å². The number of benzene rings is 1. The Kier molecular flexibility index (Phi) is 4.18. The van der Waals surface area contributed by atoms with E-state index in [0.29, 0.717) is 10.9 Å². The van der Waals surface area contributed by atoms with Crippen molar-refractivity contribution in [3.8, 4) is 5.75 Å². The van der Waals surface area contributed by atoms with Crippen molar-refractivity contribution in [3.63, 3.8) is 0 Å². The molecule has 1 fully saturated rings. The van der Waals surface area contributed by atoms with Gasteiger partial charge in [0.15, 0.2) is 0 Å². The standard InChI is InChI=1S/C14H22BNO3/c1-14(2)6-7-16(10-14)9-11-8-12(19-3)4-5-13(11)15(17)18/h4-5,8,17-18H,6-7,9-10H2,1-3H3. The van der Waals surface area contributed by atoms with Crippen molar-refractivity contribution in [1.29, 1.82) is 0 Å². The van der Waals surface area contributed by atoms with Gasteiger partial charge in [-0.3, -0.25) is 4.90 Å². The third kappa shape index (κ3) is 3.50. The molecule has 0 bridgehead atoms. The molecule has 19 heavy (non-hydrogen) atoms. The summed E-state index contributed by atoms with van der Waals surface area (Å²) in [5.41, 5.74) is 1.83. The second-order valence-corrected chi connectivity index (χ2v) is 6.06. The molecule has 0 spiro atoms. The molecule has 4 nitrogen and oxygen atoms in total. The SMILES string of the molecule is COc1ccc(B(O)O)c(CN2CCC(C)(C)C2)c1. The molecule has 0 aliphatic carbocycles. The van der Waals surface area contributed by atoms with Gasteiger partial charge in [-0.1, -0.05) is 19.9 Å². The molecule has 0 amide bonds. The van der Waals surface area contributed by atoms with Crippen LogP contribution in [0.15, 0.2) is 18.2 Å². The average Bonchev–Trinajstić information content (AvgIpc) is 2.68. The van der Waals surface area contributed by atoms with Crippen molar-refractivity contribution in [3.05, 3.63) is 23.8 Å². The van der Waals surface area contributed by atoms with E-state index in [1.807, 2.05) is 6.07 Å². The first-order valence-electron chi connectivity index (χ1n) is 6.66. The Balaban J connectivity index is 2.18. The van der Waals surface area contributed by atoms with Crippen LogP contribution >= 0.6 is 0 Å². The fraction of sp³-hybridized carbons (Fsp3) is 0.571. The van der Waals surface area contributed by atoms with E-state index < -0.39 is 7.12 Å². The zero-order chi connectivity index (χ0) is 14.0. The van der Waals surface area contributed by atoms with Crippen LogP contribution in [0.3, 0.4) is 0 Å². The highest BCUT2D eigenvalue weighted by molar-refractivity contribution is 6.59. The molecule has 104 valence electrons. The van der Waals surface area contributed by atoms with Crippen LogP contribution in [0.25, 0.3) is 0 Å². The highest BCUT2D eigenvalue weighted by Gasteiger charge is 2.30. The summed E-state index contributed by atoms with van der Waals surface area (Å²) in [4.78, 5) is 2.35. The van der Waals surface area contributed by atoms with Gasteiger partial charge in [-0.05, 0) is 41.5 Å². The largest absolute Gasteiger partial charge is 0.497 e. The Bertz CT molecular complexity index is 448. The lowest BCUT2D eigenvalue weighted by atomic mass is 9.77. The maximum absolute atomic E-state index is 9.44. The molecule has 0 unspecified atom stereocenters. The van der Waals surface area contributed by atoms with Crippen molar-refractivity contribution in [1.82, 2.24) is 4.90 Å². The summed E-state index contributed by atoms with van der Waals surface area (Å²) >= 11 is 0. The highest BCUT2D eigenvalue weighted by Crippen LogP contribution is 2.29. The fourth-order valence-corrected chi connectivity index (χ4v) is 2.70. The molecule has 2 N–H and O–H groups in total. The minimum atomic E-state index is -1.43. The summed E-state index contributed by atoms with van der Waals surface area (Å²) in [6.07, 6.45) is 1.17. The molecule has 1 aliphatic rings. The van der Waals surface area contributed by atoms with Gasteiger partial charge >= 0.3 is 7.12 Å². The number of rotatable bonds is 4. The van der Waals surface area contributed by atoms with Crippen LogP contribution in [0.5, 0.6) is 5.75 Å². The van der Waals surface area contributed by atoms with E-state index in [1.54, 1.807) is 19.2 Å². The van der Waals surface area contributed by atoms with E-state index in [1.165, 1.54) is 6.42 Å². The summed E-state index contributed by atoms with van der Waals surface area (Å²) in [5.74, 6) is 0.748. The third-order valence-corrected chi connectivity index (χ3v) is 3.78. The number of likely N-dealkylation sites (tertiary alicyclic amines) is 1. The monoisotopic (exact) mass is 263 g/mol. The van der Waals surface area contributed by atoms with Crippen LogP contribution in [0, 0.1) is 5.41 Å². The molecule has 0 aromatic heterocycles. The molecular formula is C14H22BNO3. The smallest absolute Gasteiger partial charge is 0.488 e. The van der Waals surface area contributed by atoms with E-state index in [0.717, 1.165) is 30.9 Å². The van der Waals surface area contributed by atoms with Gasteiger partial charge in [0, 0.05) is 13.1 Å².